The minimum atomic E-state index is -0.289. The molecular formula is C13H22N4O2. The van der Waals surface area contributed by atoms with Crippen LogP contribution in [0, 0.1) is 0 Å². The highest BCUT2D eigenvalue weighted by molar-refractivity contribution is 5.67. The first kappa shape index (κ1) is 13.8. The molecule has 1 aliphatic carbocycles. The zero-order valence-electron chi connectivity index (χ0n) is 11.4. The lowest BCUT2D eigenvalue weighted by Gasteiger charge is -2.29. The van der Waals surface area contributed by atoms with E-state index in [1.807, 2.05) is 4.57 Å². The summed E-state index contributed by atoms with van der Waals surface area (Å²) in [5, 5.41) is 10.6. The molecule has 1 heterocycles. The first-order valence-corrected chi connectivity index (χ1v) is 7.07. The molecule has 6 heteroatoms. The molecule has 1 fully saturated rings. The number of amides is 1. The van der Waals surface area contributed by atoms with Gasteiger partial charge in [0, 0.05) is 12.1 Å². The Morgan fingerprint density at radius 1 is 1.42 bits per heavy atom. The van der Waals surface area contributed by atoms with Crippen molar-refractivity contribution in [1.82, 2.24) is 20.1 Å². The maximum Gasteiger partial charge on any atom is 0.407 e. The Morgan fingerprint density at radius 2 is 2.21 bits per heavy atom. The van der Waals surface area contributed by atoms with Gasteiger partial charge in [0.1, 0.15) is 12.7 Å². The molecule has 0 unspecified atom stereocenters. The predicted octanol–water partition coefficient (Wildman–Crippen LogP) is 2.29. The van der Waals surface area contributed by atoms with E-state index in [0.29, 0.717) is 12.6 Å². The first-order valence-electron chi connectivity index (χ1n) is 7.07. The third kappa shape index (κ3) is 4.22. The summed E-state index contributed by atoms with van der Waals surface area (Å²) in [6.07, 6.45) is 9.29. The minimum absolute atomic E-state index is 0.190. The van der Waals surface area contributed by atoms with Crippen molar-refractivity contribution in [2.75, 3.05) is 6.61 Å². The summed E-state index contributed by atoms with van der Waals surface area (Å²) in [5.41, 5.74) is 0. The Bertz CT molecular complexity index is 380. The van der Waals surface area contributed by atoms with Crippen LogP contribution < -0.4 is 5.32 Å². The maximum atomic E-state index is 11.6. The predicted molar refractivity (Wildman–Crippen MR) is 70.7 cm³/mol. The Morgan fingerprint density at radius 3 is 2.95 bits per heavy atom. The first-order chi connectivity index (χ1) is 9.29. The average molecular weight is 266 g/mol. The van der Waals surface area contributed by atoms with Gasteiger partial charge in [0.2, 0.25) is 0 Å². The van der Waals surface area contributed by atoms with Crippen molar-refractivity contribution >= 4 is 6.09 Å². The molecule has 1 saturated carbocycles. The van der Waals surface area contributed by atoms with Gasteiger partial charge >= 0.3 is 6.09 Å². The molecule has 1 aromatic heterocycles. The van der Waals surface area contributed by atoms with Gasteiger partial charge in [-0.1, -0.05) is 13.3 Å². The van der Waals surface area contributed by atoms with E-state index in [0.717, 1.165) is 38.5 Å². The van der Waals surface area contributed by atoms with E-state index in [1.54, 1.807) is 12.7 Å². The third-order valence-electron chi connectivity index (χ3n) is 3.56. The second-order valence-electron chi connectivity index (χ2n) is 5.06. The highest BCUT2D eigenvalue weighted by Gasteiger charge is 2.24. The molecule has 19 heavy (non-hydrogen) atoms. The highest BCUT2D eigenvalue weighted by atomic mass is 16.5. The van der Waals surface area contributed by atoms with Crippen LogP contribution in [-0.2, 0) is 4.74 Å². The van der Waals surface area contributed by atoms with E-state index in [9.17, 15) is 4.79 Å². The molecule has 1 N–H and O–H groups in total. The van der Waals surface area contributed by atoms with E-state index >= 15 is 0 Å². The van der Waals surface area contributed by atoms with Gasteiger partial charge in [0.15, 0.2) is 0 Å². The molecule has 0 aliphatic heterocycles. The Kier molecular flexibility index (Phi) is 5.18. The Balaban J connectivity index is 1.76. The molecule has 6 nitrogen and oxygen atoms in total. The number of ether oxygens (including phenoxy) is 1. The molecule has 1 aliphatic rings. The van der Waals surface area contributed by atoms with Gasteiger partial charge in [-0.3, -0.25) is 0 Å². The average Bonchev–Trinajstić information content (AvgIpc) is 2.93. The number of alkyl carbamates (subject to hydrolysis) is 1. The van der Waals surface area contributed by atoms with E-state index in [1.165, 1.54) is 0 Å². The van der Waals surface area contributed by atoms with Crippen molar-refractivity contribution in [2.45, 2.75) is 57.5 Å². The van der Waals surface area contributed by atoms with E-state index < -0.39 is 0 Å². The van der Waals surface area contributed by atoms with Gasteiger partial charge in [-0.25, -0.2) is 4.79 Å². The number of hydrogen-bond donors (Lipinski definition) is 1. The molecule has 106 valence electrons. The summed E-state index contributed by atoms with van der Waals surface area (Å²) < 4.78 is 7.15. The van der Waals surface area contributed by atoms with Crippen molar-refractivity contribution in [1.29, 1.82) is 0 Å². The summed E-state index contributed by atoms with van der Waals surface area (Å²) in [5.74, 6) is 0. The van der Waals surface area contributed by atoms with Gasteiger partial charge in [-0.05, 0) is 32.1 Å². The standard InChI is InChI=1S/C13H22N4O2/c1-2-3-7-19-13(18)16-11-5-4-6-12(8-11)17-9-14-15-10-17/h9-12H,2-8H2,1H3,(H,16,18)/t11-,12+/m0/s1. The number of aromatic nitrogens is 3. The number of carbonyl (C=O) groups excluding carboxylic acids is 1. The maximum absolute atomic E-state index is 11.6. The van der Waals surface area contributed by atoms with Crippen molar-refractivity contribution in [3.8, 4) is 0 Å². The number of nitrogens with zero attached hydrogens (tertiary/aromatic N) is 3. The molecule has 2 rings (SSSR count). The quantitative estimate of drug-likeness (QED) is 0.830. The number of hydrogen-bond acceptors (Lipinski definition) is 4. The molecule has 0 saturated heterocycles. The fraction of sp³-hybridized carbons (Fsp3) is 0.769. The summed E-state index contributed by atoms with van der Waals surface area (Å²) in [4.78, 5) is 11.6. The normalized spacial score (nSPS) is 23.0. The van der Waals surface area contributed by atoms with Crippen molar-refractivity contribution in [2.24, 2.45) is 0 Å². The molecule has 0 radical (unpaired) electrons. The largest absolute Gasteiger partial charge is 0.450 e. The lowest BCUT2D eigenvalue weighted by molar-refractivity contribution is 0.135. The molecular weight excluding hydrogens is 244 g/mol. The van der Waals surface area contributed by atoms with Gasteiger partial charge in [0.05, 0.1) is 6.61 Å². The van der Waals surface area contributed by atoms with Crippen molar-refractivity contribution in [3.05, 3.63) is 12.7 Å². The van der Waals surface area contributed by atoms with Gasteiger partial charge in [-0.15, -0.1) is 10.2 Å². The molecule has 0 spiro atoms. The second kappa shape index (κ2) is 7.11. The molecule has 1 amide bonds. The van der Waals surface area contributed by atoms with Crippen LogP contribution in [0.5, 0.6) is 0 Å². The van der Waals surface area contributed by atoms with E-state index in [2.05, 4.69) is 22.4 Å². The van der Waals surface area contributed by atoms with Crippen molar-refractivity contribution in [3.63, 3.8) is 0 Å². The zero-order valence-corrected chi connectivity index (χ0v) is 11.4. The van der Waals surface area contributed by atoms with Gasteiger partial charge < -0.3 is 14.6 Å². The number of carbonyl (C=O) groups is 1. The van der Waals surface area contributed by atoms with Crippen LogP contribution >= 0.6 is 0 Å². The van der Waals surface area contributed by atoms with Crippen LogP contribution in [0.1, 0.15) is 51.5 Å². The van der Waals surface area contributed by atoms with Gasteiger partial charge in [-0.2, -0.15) is 0 Å². The van der Waals surface area contributed by atoms with E-state index in [-0.39, 0.29) is 12.1 Å². The fourth-order valence-corrected chi connectivity index (χ4v) is 2.48. The lowest BCUT2D eigenvalue weighted by Crippen LogP contribution is -2.39. The van der Waals surface area contributed by atoms with Crippen LogP contribution in [0.3, 0.4) is 0 Å². The SMILES string of the molecule is CCCCOC(=O)N[C@H]1CCC[C@@H](n2cnnc2)C1. The topological polar surface area (TPSA) is 69.0 Å². The number of nitrogens with one attached hydrogen (secondary N) is 1. The van der Waals surface area contributed by atoms with Crippen molar-refractivity contribution < 1.29 is 9.53 Å². The lowest BCUT2D eigenvalue weighted by atomic mass is 9.91. The molecule has 0 aromatic carbocycles. The third-order valence-corrected chi connectivity index (χ3v) is 3.56. The van der Waals surface area contributed by atoms with Crippen LogP contribution in [0.25, 0.3) is 0 Å². The molecule has 1 aromatic rings. The number of rotatable bonds is 5. The van der Waals surface area contributed by atoms with Gasteiger partial charge in [0.25, 0.3) is 0 Å². The second-order valence-corrected chi connectivity index (χ2v) is 5.06. The zero-order chi connectivity index (χ0) is 13.5. The minimum Gasteiger partial charge on any atom is -0.450 e. The summed E-state index contributed by atoms with van der Waals surface area (Å²) in [7, 11) is 0. The number of unbranched alkanes of at least 4 members (excludes halogenated alkanes) is 1. The van der Waals surface area contributed by atoms with Crippen LogP contribution in [-0.4, -0.2) is 33.5 Å². The molecule has 2 atom stereocenters. The Hall–Kier alpha value is -1.59. The van der Waals surface area contributed by atoms with E-state index in [4.69, 9.17) is 4.74 Å². The summed E-state index contributed by atoms with van der Waals surface area (Å²) in [6.45, 7) is 2.58. The monoisotopic (exact) mass is 266 g/mol. The van der Waals surface area contributed by atoms with Crippen LogP contribution in [0.15, 0.2) is 12.7 Å². The highest BCUT2D eigenvalue weighted by Crippen LogP contribution is 2.27. The fourth-order valence-electron chi connectivity index (χ4n) is 2.48. The summed E-state index contributed by atoms with van der Waals surface area (Å²) in [6, 6.07) is 0.569. The van der Waals surface area contributed by atoms with Crippen LogP contribution in [0.2, 0.25) is 0 Å². The molecule has 0 bridgehead atoms. The summed E-state index contributed by atoms with van der Waals surface area (Å²) >= 11 is 0. The Labute approximate surface area is 113 Å². The smallest absolute Gasteiger partial charge is 0.407 e. The van der Waals surface area contributed by atoms with Crippen LogP contribution in [0.4, 0.5) is 4.79 Å².